The van der Waals surface area contributed by atoms with Crippen LogP contribution >= 0.6 is 0 Å². The van der Waals surface area contributed by atoms with Crippen molar-refractivity contribution in [2.45, 2.75) is 57.3 Å². The Morgan fingerprint density at radius 1 is 1.26 bits per heavy atom. The summed E-state index contributed by atoms with van der Waals surface area (Å²) in [7, 11) is 1.36. The van der Waals surface area contributed by atoms with E-state index in [4.69, 9.17) is 9.47 Å². The highest BCUT2D eigenvalue weighted by atomic mass is 16.6. The van der Waals surface area contributed by atoms with Gasteiger partial charge < -0.3 is 14.8 Å². The maximum atomic E-state index is 12.3. The molecule has 2 aliphatic rings. The quantitative estimate of drug-likeness (QED) is 0.717. The van der Waals surface area contributed by atoms with Gasteiger partial charge in [-0.3, -0.25) is 9.69 Å². The van der Waals surface area contributed by atoms with Crippen molar-refractivity contribution in [3.8, 4) is 0 Å². The minimum Gasteiger partial charge on any atom is -0.468 e. The molecule has 2 rings (SSSR count). The highest BCUT2D eigenvalue weighted by molar-refractivity contribution is 5.79. The number of methoxy groups -OCH3 is 1. The van der Waals surface area contributed by atoms with Crippen LogP contribution < -0.4 is 5.32 Å². The third-order valence-corrected chi connectivity index (χ3v) is 3.56. The second kappa shape index (κ2) is 5.00. The number of fused-ring (bicyclic) bond motifs is 2. The van der Waals surface area contributed by atoms with E-state index < -0.39 is 11.6 Å². The SMILES string of the molecule is COC(=O)C1NC[C@H]2CC[C@@H]1N2C(=O)OC(C)(C)C. The van der Waals surface area contributed by atoms with Crippen LogP contribution in [0.4, 0.5) is 4.79 Å². The van der Waals surface area contributed by atoms with Crippen molar-refractivity contribution in [2.24, 2.45) is 0 Å². The molecular formula is C13H22N2O4. The number of hydrogen-bond donors (Lipinski definition) is 1. The molecule has 2 bridgehead atoms. The first-order valence-electron chi connectivity index (χ1n) is 6.66. The van der Waals surface area contributed by atoms with Gasteiger partial charge in [0, 0.05) is 12.6 Å². The Bertz CT molecular complexity index is 377. The first kappa shape index (κ1) is 14.1. The van der Waals surface area contributed by atoms with Crippen LogP contribution in [0.2, 0.25) is 0 Å². The summed E-state index contributed by atoms with van der Waals surface area (Å²) in [6, 6.07) is -0.502. The standard InChI is InChI=1S/C13H22N2O4/c1-13(2,3)19-12(17)15-8-5-6-9(15)10(14-7-8)11(16)18-4/h8-10,14H,5-7H2,1-4H3/t8-,9+,10?/m1/s1. The summed E-state index contributed by atoms with van der Waals surface area (Å²) in [4.78, 5) is 25.7. The topological polar surface area (TPSA) is 67.9 Å². The molecule has 6 heteroatoms. The number of carbonyl (C=O) groups is 2. The largest absolute Gasteiger partial charge is 0.468 e. The fourth-order valence-corrected chi connectivity index (χ4v) is 2.81. The summed E-state index contributed by atoms with van der Waals surface area (Å²) in [5.74, 6) is -0.320. The van der Waals surface area contributed by atoms with Gasteiger partial charge in [-0.25, -0.2) is 4.79 Å². The van der Waals surface area contributed by atoms with Crippen molar-refractivity contribution < 1.29 is 19.1 Å². The zero-order valence-electron chi connectivity index (χ0n) is 11.9. The van der Waals surface area contributed by atoms with Crippen LogP contribution in [0.3, 0.4) is 0 Å². The summed E-state index contributed by atoms with van der Waals surface area (Å²) in [6.45, 7) is 6.13. The smallest absolute Gasteiger partial charge is 0.410 e. The molecular weight excluding hydrogens is 248 g/mol. The van der Waals surface area contributed by atoms with E-state index in [-0.39, 0.29) is 24.1 Å². The molecule has 1 unspecified atom stereocenters. The number of rotatable bonds is 1. The average molecular weight is 270 g/mol. The van der Waals surface area contributed by atoms with Gasteiger partial charge in [0.2, 0.25) is 0 Å². The van der Waals surface area contributed by atoms with E-state index >= 15 is 0 Å². The van der Waals surface area contributed by atoms with Crippen molar-refractivity contribution in [1.29, 1.82) is 0 Å². The molecule has 19 heavy (non-hydrogen) atoms. The molecule has 2 saturated heterocycles. The fourth-order valence-electron chi connectivity index (χ4n) is 2.81. The van der Waals surface area contributed by atoms with E-state index in [1.54, 1.807) is 4.90 Å². The van der Waals surface area contributed by atoms with Crippen molar-refractivity contribution in [3.05, 3.63) is 0 Å². The monoisotopic (exact) mass is 270 g/mol. The van der Waals surface area contributed by atoms with Crippen molar-refractivity contribution in [2.75, 3.05) is 13.7 Å². The summed E-state index contributed by atoms with van der Waals surface area (Å²) in [5, 5.41) is 3.16. The van der Waals surface area contributed by atoms with Crippen LogP contribution in [-0.4, -0.2) is 54.3 Å². The number of esters is 1. The normalized spacial score (nSPS) is 30.1. The molecule has 0 spiro atoms. The molecule has 108 valence electrons. The van der Waals surface area contributed by atoms with Gasteiger partial charge >= 0.3 is 12.1 Å². The first-order chi connectivity index (χ1) is 8.83. The van der Waals surface area contributed by atoms with E-state index in [2.05, 4.69) is 5.32 Å². The lowest BCUT2D eigenvalue weighted by molar-refractivity contribution is -0.145. The molecule has 2 heterocycles. The van der Waals surface area contributed by atoms with Gasteiger partial charge in [-0.2, -0.15) is 0 Å². The summed E-state index contributed by atoms with van der Waals surface area (Å²) >= 11 is 0. The Morgan fingerprint density at radius 2 is 1.95 bits per heavy atom. The van der Waals surface area contributed by atoms with Crippen molar-refractivity contribution >= 4 is 12.1 Å². The van der Waals surface area contributed by atoms with Gasteiger partial charge in [-0.1, -0.05) is 0 Å². The number of hydrogen-bond acceptors (Lipinski definition) is 5. The Kier molecular flexibility index (Phi) is 3.71. The predicted molar refractivity (Wildman–Crippen MR) is 68.7 cm³/mol. The van der Waals surface area contributed by atoms with E-state index in [0.717, 1.165) is 12.8 Å². The third kappa shape index (κ3) is 2.83. The van der Waals surface area contributed by atoms with Crippen LogP contribution in [0.25, 0.3) is 0 Å². The van der Waals surface area contributed by atoms with E-state index in [1.807, 2.05) is 20.8 Å². The summed E-state index contributed by atoms with van der Waals surface area (Å²) in [5.41, 5.74) is -0.526. The molecule has 1 N–H and O–H groups in total. The molecule has 0 aliphatic carbocycles. The molecule has 0 radical (unpaired) electrons. The zero-order valence-corrected chi connectivity index (χ0v) is 11.9. The minimum absolute atomic E-state index is 0.112. The Morgan fingerprint density at radius 3 is 2.53 bits per heavy atom. The van der Waals surface area contributed by atoms with Gasteiger partial charge in [-0.05, 0) is 33.6 Å². The third-order valence-electron chi connectivity index (χ3n) is 3.56. The van der Waals surface area contributed by atoms with Crippen LogP contribution in [0, 0.1) is 0 Å². The van der Waals surface area contributed by atoms with Gasteiger partial charge in [-0.15, -0.1) is 0 Å². The van der Waals surface area contributed by atoms with Crippen molar-refractivity contribution in [3.63, 3.8) is 0 Å². The Labute approximate surface area is 113 Å². The van der Waals surface area contributed by atoms with Gasteiger partial charge in [0.1, 0.15) is 11.6 Å². The number of ether oxygens (including phenoxy) is 2. The van der Waals surface area contributed by atoms with Crippen LogP contribution in [0.1, 0.15) is 33.6 Å². The van der Waals surface area contributed by atoms with Crippen LogP contribution in [-0.2, 0) is 14.3 Å². The number of carbonyl (C=O) groups excluding carboxylic acids is 2. The highest BCUT2D eigenvalue weighted by Gasteiger charge is 2.49. The molecule has 0 aromatic carbocycles. The number of nitrogens with zero attached hydrogens (tertiary/aromatic N) is 1. The Balaban J connectivity index is 2.12. The summed E-state index contributed by atoms with van der Waals surface area (Å²) in [6.07, 6.45) is 1.36. The molecule has 0 aromatic rings. The van der Waals surface area contributed by atoms with E-state index in [9.17, 15) is 9.59 Å². The second-order valence-electron chi connectivity index (χ2n) is 6.10. The molecule has 1 amide bonds. The second-order valence-corrected chi connectivity index (χ2v) is 6.10. The zero-order chi connectivity index (χ0) is 14.2. The van der Waals surface area contributed by atoms with E-state index in [1.165, 1.54) is 7.11 Å². The highest BCUT2D eigenvalue weighted by Crippen LogP contribution is 2.31. The number of piperazine rings is 1. The lowest BCUT2D eigenvalue weighted by Crippen LogP contribution is -2.62. The predicted octanol–water partition coefficient (Wildman–Crippen LogP) is 0.899. The van der Waals surface area contributed by atoms with Crippen LogP contribution in [0.5, 0.6) is 0 Å². The number of nitrogens with one attached hydrogen (secondary N) is 1. The molecule has 0 aromatic heterocycles. The Hall–Kier alpha value is -1.30. The number of amides is 1. The lowest BCUT2D eigenvalue weighted by Gasteiger charge is -2.39. The summed E-state index contributed by atoms with van der Waals surface area (Å²) < 4.78 is 10.2. The lowest BCUT2D eigenvalue weighted by atomic mass is 10.1. The molecule has 0 saturated carbocycles. The van der Waals surface area contributed by atoms with Gasteiger partial charge in [0.25, 0.3) is 0 Å². The maximum Gasteiger partial charge on any atom is 0.410 e. The molecule has 2 fully saturated rings. The maximum absolute atomic E-state index is 12.3. The average Bonchev–Trinajstić information content (AvgIpc) is 2.61. The molecule has 3 atom stereocenters. The van der Waals surface area contributed by atoms with Gasteiger partial charge in [0.05, 0.1) is 13.2 Å². The van der Waals surface area contributed by atoms with E-state index in [0.29, 0.717) is 6.54 Å². The van der Waals surface area contributed by atoms with Gasteiger partial charge in [0.15, 0.2) is 0 Å². The minimum atomic E-state index is -0.526. The van der Waals surface area contributed by atoms with Crippen LogP contribution in [0.15, 0.2) is 0 Å². The molecule has 2 aliphatic heterocycles. The molecule has 6 nitrogen and oxygen atoms in total. The van der Waals surface area contributed by atoms with Crippen molar-refractivity contribution in [1.82, 2.24) is 10.2 Å². The first-order valence-corrected chi connectivity index (χ1v) is 6.66. The fraction of sp³-hybridized carbons (Fsp3) is 0.846.